The summed E-state index contributed by atoms with van der Waals surface area (Å²) in [7, 11) is -1.73. The molecule has 1 aromatic carbocycles. The van der Waals surface area contributed by atoms with E-state index in [0.717, 1.165) is 0 Å². The molecule has 2 rings (SSSR count). The number of hydrogen-bond acceptors (Lipinski definition) is 5. The third-order valence-electron chi connectivity index (χ3n) is 1.61. The molecule has 5 nitrogen and oxygen atoms in total. The first-order chi connectivity index (χ1) is 6.16. The summed E-state index contributed by atoms with van der Waals surface area (Å²) in [5.41, 5.74) is 0.795. The minimum Gasteiger partial charge on any atom is -0.508 e. The van der Waals surface area contributed by atoms with Crippen molar-refractivity contribution < 1.29 is 19.6 Å². The number of hydrogen-bond donors (Lipinski definition) is 3. The van der Waals surface area contributed by atoms with Gasteiger partial charge in [-0.25, -0.2) is 4.98 Å². The summed E-state index contributed by atoms with van der Waals surface area (Å²) in [5, 5.41) is 26.5. The number of rotatable bonds is 1. The number of benzene rings is 1. The van der Waals surface area contributed by atoms with Gasteiger partial charge in [-0.15, -0.1) is 0 Å². The highest BCUT2D eigenvalue weighted by Crippen LogP contribution is 2.17. The van der Waals surface area contributed by atoms with Gasteiger partial charge in [0, 0.05) is 6.07 Å². The highest BCUT2D eigenvalue weighted by Gasteiger charge is 2.19. The molecule has 0 atom stereocenters. The molecule has 1 aromatic heterocycles. The van der Waals surface area contributed by atoms with Crippen LogP contribution in [0.4, 0.5) is 0 Å². The molecule has 0 saturated heterocycles. The first kappa shape index (κ1) is 8.09. The molecule has 0 aliphatic heterocycles. The molecule has 66 valence electrons. The zero-order chi connectivity index (χ0) is 9.42. The number of phenols is 1. The Hall–Kier alpha value is -1.53. The second kappa shape index (κ2) is 2.76. The molecule has 0 unspecified atom stereocenters. The van der Waals surface area contributed by atoms with Crippen molar-refractivity contribution in [1.82, 2.24) is 4.98 Å². The van der Waals surface area contributed by atoms with Crippen LogP contribution in [0.5, 0.6) is 5.75 Å². The second-order valence-corrected chi connectivity index (χ2v) is 2.58. The lowest BCUT2D eigenvalue weighted by Crippen LogP contribution is -2.30. The molecular weight excluding hydrogens is 173 g/mol. The largest absolute Gasteiger partial charge is 0.548 e. The average Bonchev–Trinajstić information content (AvgIpc) is 2.46. The lowest BCUT2D eigenvalue weighted by Gasteiger charge is -1.87. The van der Waals surface area contributed by atoms with Gasteiger partial charge in [0.15, 0.2) is 5.58 Å². The van der Waals surface area contributed by atoms with Crippen molar-refractivity contribution in [3.63, 3.8) is 0 Å². The SMILES string of the molecule is OB(O)c1nc2cc(O)ccc2o1. The van der Waals surface area contributed by atoms with Crippen LogP contribution in [0.1, 0.15) is 0 Å². The monoisotopic (exact) mass is 179 g/mol. The number of oxazole rings is 1. The van der Waals surface area contributed by atoms with Crippen molar-refractivity contribution in [2.75, 3.05) is 0 Å². The van der Waals surface area contributed by atoms with Crippen molar-refractivity contribution in [2.24, 2.45) is 0 Å². The first-order valence-corrected chi connectivity index (χ1v) is 3.62. The van der Waals surface area contributed by atoms with Crippen LogP contribution in [0.3, 0.4) is 0 Å². The Morgan fingerprint density at radius 2 is 2.08 bits per heavy atom. The predicted octanol–water partition coefficient (Wildman–Crippen LogP) is -0.787. The van der Waals surface area contributed by atoms with Crippen LogP contribution in [0.2, 0.25) is 0 Å². The Morgan fingerprint density at radius 1 is 1.31 bits per heavy atom. The molecule has 0 saturated carbocycles. The van der Waals surface area contributed by atoms with Crippen LogP contribution in [0.15, 0.2) is 22.6 Å². The molecule has 0 fully saturated rings. The van der Waals surface area contributed by atoms with E-state index < -0.39 is 7.12 Å². The van der Waals surface area contributed by atoms with E-state index in [4.69, 9.17) is 19.6 Å². The lowest BCUT2D eigenvalue weighted by atomic mass is 9.93. The molecule has 13 heavy (non-hydrogen) atoms. The number of phenolic OH excluding ortho intramolecular Hbond substituents is 1. The van der Waals surface area contributed by atoms with Crippen LogP contribution >= 0.6 is 0 Å². The van der Waals surface area contributed by atoms with Gasteiger partial charge in [-0.3, -0.25) is 0 Å². The normalized spacial score (nSPS) is 10.6. The van der Waals surface area contributed by atoms with Gasteiger partial charge in [0.05, 0.1) is 0 Å². The molecule has 0 radical (unpaired) electrons. The van der Waals surface area contributed by atoms with Crippen molar-refractivity contribution in [3.8, 4) is 5.75 Å². The van der Waals surface area contributed by atoms with E-state index in [1.165, 1.54) is 18.2 Å². The van der Waals surface area contributed by atoms with E-state index in [9.17, 15) is 0 Å². The van der Waals surface area contributed by atoms with Crippen molar-refractivity contribution in [3.05, 3.63) is 18.2 Å². The van der Waals surface area contributed by atoms with E-state index in [-0.39, 0.29) is 11.5 Å². The van der Waals surface area contributed by atoms with E-state index in [1.807, 2.05) is 0 Å². The third kappa shape index (κ3) is 1.37. The van der Waals surface area contributed by atoms with E-state index in [1.54, 1.807) is 0 Å². The summed E-state index contributed by atoms with van der Waals surface area (Å²) >= 11 is 0. The maximum atomic E-state index is 9.07. The summed E-state index contributed by atoms with van der Waals surface area (Å²) < 4.78 is 4.96. The average molecular weight is 179 g/mol. The molecule has 0 amide bonds. The zero-order valence-electron chi connectivity index (χ0n) is 6.51. The van der Waals surface area contributed by atoms with Gasteiger partial charge in [-0.1, -0.05) is 0 Å². The highest BCUT2D eigenvalue weighted by atomic mass is 16.4. The van der Waals surface area contributed by atoms with Crippen LogP contribution in [0, 0.1) is 0 Å². The highest BCUT2D eigenvalue weighted by molar-refractivity contribution is 6.56. The maximum Gasteiger partial charge on any atom is 0.548 e. The van der Waals surface area contributed by atoms with Crippen LogP contribution in [-0.2, 0) is 0 Å². The smallest absolute Gasteiger partial charge is 0.508 e. The van der Waals surface area contributed by atoms with Gasteiger partial charge in [-0.05, 0) is 12.1 Å². The number of aromatic nitrogens is 1. The molecule has 0 aliphatic rings. The number of nitrogens with zero attached hydrogens (tertiary/aromatic N) is 1. The zero-order valence-corrected chi connectivity index (χ0v) is 6.51. The summed E-state index contributed by atoms with van der Waals surface area (Å²) in [6.07, 6.45) is 0. The molecule has 0 bridgehead atoms. The Kier molecular flexibility index (Phi) is 1.71. The summed E-state index contributed by atoms with van der Waals surface area (Å²) in [4.78, 5) is 3.75. The predicted molar refractivity (Wildman–Crippen MR) is 45.5 cm³/mol. The minimum atomic E-state index is -1.73. The fourth-order valence-corrected chi connectivity index (χ4v) is 1.04. The van der Waals surface area contributed by atoms with E-state index in [0.29, 0.717) is 11.1 Å². The fraction of sp³-hybridized carbons (Fsp3) is 0. The first-order valence-electron chi connectivity index (χ1n) is 3.62. The molecule has 0 aliphatic carbocycles. The van der Waals surface area contributed by atoms with Crippen LogP contribution < -0.4 is 5.79 Å². The molecule has 0 spiro atoms. The quantitative estimate of drug-likeness (QED) is 0.499. The number of aromatic hydroxyl groups is 1. The maximum absolute atomic E-state index is 9.07. The molecular formula is C7H6BNO4. The fourth-order valence-electron chi connectivity index (χ4n) is 1.04. The number of fused-ring (bicyclic) bond motifs is 1. The van der Waals surface area contributed by atoms with Gasteiger partial charge >= 0.3 is 7.12 Å². The van der Waals surface area contributed by atoms with Crippen molar-refractivity contribution >= 4 is 24.0 Å². The summed E-state index contributed by atoms with van der Waals surface area (Å²) in [5.74, 6) is -0.125. The minimum absolute atomic E-state index is 0.0554. The Balaban J connectivity index is 2.62. The summed E-state index contributed by atoms with van der Waals surface area (Å²) in [6, 6.07) is 4.31. The standard InChI is InChI=1S/C7H6BNO4/c10-4-1-2-6-5(3-4)9-7(13-6)8(11)12/h1-3,10-12H. The second-order valence-electron chi connectivity index (χ2n) is 2.58. The molecule has 6 heteroatoms. The third-order valence-corrected chi connectivity index (χ3v) is 1.61. The van der Waals surface area contributed by atoms with Crippen molar-refractivity contribution in [1.29, 1.82) is 0 Å². The van der Waals surface area contributed by atoms with E-state index in [2.05, 4.69) is 4.98 Å². The van der Waals surface area contributed by atoms with Crippen LogP contribution in [0.25, 0.3) is 11.1 Å². The molecule has 2 aromatic rings. The molecule has 1 heterocycles. The van der Waals surface area contributed by atoms with Gasteiger partial charge < -0.3 is 19.6 Å². The van der Waals surface area contributed by atoms with Gasteiger partial charge in [-0.2, -0.15) is 0 Å². The molecule has 3 N–H and O–H groups in total. The topological polar surface area (TPSA) is 86.7 Å². The Labute approximate surface area is 73.4 Å². The lowest BCUT2D eigenvalue weighted by molar-refractivity contribution is 0.409. The summed E-state index contributed by atoms with van der Waals surface area (Å²) in [6.45, 7) is 0. The van der Waals surface area contributed by atoms with E-state index >= 15 is 0 Å². The van der Waals surface area contributed by atoms with Gasteiger partial charge in [0.1, 0.15) is 11.3 Å². The van der Waals surface area contributed by atoms with Gasteiger partial charge in [0.25, 0.3) is 0 Å². The van der Waals surface area contributed by atoms with Gasteiger partial charge in [0.2, 0.25) is 5.79 Å². The Bertz CT molecular complexity index is 439. The van der Waals surface area contributed by atoms with Crippen LogP contribution in [-0.4, -0.2) is 27.3 Å². The van der Waals surface area contributed by atoms with Crippen molar-refractivity contribution in [2.45, 2.75) is 0 Å². The Morgan fingerprint density at radius 3 is 2.77 bits per heavy atom.